The van der Waals surface area contributed by atoms with E-state index in [-0.39, 0.29) is 10.8 Å². The summed E-state index contributed by atoms with van der Waals surface area (Å²) >= 11 is 5.85. The molecule has 1 amide bonds. The number of benzene rings is 3. The number of halogens is 2. The molecule has 3 aromatic carbocycles. The first-order valence-electron chi connectivity index (χ1n) is 11.0. The van der Waals surface area contributed by atoms with Gasteiger partial charge in [0.05, 0.1) is 26.4 Å². The molecule has 2 heterocycles. The Morgan fingerprint density at radius 1 is 0.892 bits per heavy atom. The molecule has 8 nitrogen and oxygen atoms in total. The van der Waals surface area contributed by atoms with Crippen molar-refractivity contribution in [2.24, 2.45) is 0 Å². The number of methoxy groups -OCH3 is 3. The molecule has 5 aromatic rings. The largest absolute Gasteiger partial charge is 0.493 e. The van der Waals surface area contributed by atoms with Crippen molar-refractivity contribution in [1.29, 1.82) is 0 Å². The van der Waals surface area contributed by atoms with Crippen LogP contribution in [-0.4, -0.2) is 32.2 Å². The Kier molecular flexibility index (Phi) is 6.45. The Balaban J connectivity index is 1.38. The van der Waals surface area contributed by atoms with Crippen LogP contribution in [0, 0.1) is 5.82 Å². The number of hydrogen-bond donors (Lipinski definition) is 1. The van der Waals surface area contributed by atoms with Crippen LogP contribution in [0.1, 0.15) is 10.6 Å². The molecule has 188 valence electrons. The summed E-state index contributed by atoms with van der Waals surface area (Å²) in [7, 11) is 4.58. The van der Waals surface area contributed by atoms with Crippen LogP contribution < -0.4 is 19.5 Å². The molecule has 0 aliphatic heterocycles. The molecule has 0 fully saturated rings. The first-order valence-corrected chi connectivity index (χ1v) is 11.4. The molecule has 2 aromatic heterocycles. The first-order chi connectivity index (χ1) is 17.9. The summed E-state index contributed by atoms with van der Waals surface area (Å²) in [5.41, 5.74) is 2.72. The van der Waals surface area contributed by atoms with Crippen LogP contribution in [0.25, 0.3) is 33.9 Å². The Morgan fingerprint density at radius 3 is 2.32 bits per heavy atom. The quantitative estimate of drug-likeness (QED) is 0.250. The first kappa shape index (κ1) is 24.2. The lowest BCUT2D eigenvalue weighted by Gasteiger charge is -2.12. The van der Waals surface area contributed by atoms with E-state index in [0.717, 1.165) is 0 Å². The fourth-order valence-electron chi connectivity index (χ4n) is 3.79. The summed E-state index contributed by atoms with van der Waals surface area (Å²) < 4.78 is 41.2. The van der Waals surface area contributed by atoms with E-state index in [1.165, 1.54) is 45.6 Å². The summed E-state index contributed by atoms with van der Waals surface area (Å²) in [6, 6.07) is 15.9. The van der Waals surface area contributed by atoms with Gasteiger partial charge in [-0.15, -0.1) is 0 Å². The van der Waals surface area contributed by atoms with Gasteiger partial charge in [0.1, 0.15) is 17.1 Å². The van der Waals surface area contributed by atoms with Gasteiger partial charge in [0, 0.05) is 16.8 Å². The highest BCUT2D eigenvalue weighted by Gasteiger charge is 2.18. The summed E-state index contributed by atoms with van der Waals surface area (Å²) in [5, 5.41) is 2.74. The molecule has 0 spiro atoms. The van der Waals surface area contributed by atoms with Gasteiger partial charge < -0.3 is 28.4 Å². The number of nitrogens with one attached hydrogen (secondary N) is 1. The molecule has 10 heteroatoms. The molecule has 5 rings (SSSR count). The van der Waals surface area contributed by atoms with Crippen LogP contribution in [-0.2, 0) is 0 Å². The van der Waals surface area contributed by atoms with Gasteiger partial charge in [0.15, 0.2) is 22.8 Å². The average molecular weight is 523 g/mol. The number of fused-ring (bicyclic) bond motifs is 1. The van der Waals surface area contributed by atoms with E-state index >= 15 is 0 Å². The molecule has 1 N–H and O–H groups in total. The second kappa shape index (κ2) is 9.87. The Hall–Kier alpha value is -4.50. The van der Waals surface area contributed by atoms with Gasteiger partial charge in [-0.1, -0.05) is 11.6 Å². The molecule has 0 aliphatic rings. The number of amides is 1. The molecular formula is C27H20ClFN2O6. The van der Waals surface area contributed by atoms with Gasteiger partial charge >= 0.3 is 0 Å². The van der Waals surface area contributed by atoms with E-state index in [1.807, 2.05) is 0 Å². The summed E-state index contributed by atoms with van der Waals surface area (Å²) in [5.74, 6) is 1.19. The van der Waals surface area contributed by atoms with Gasteiger partial charge in [-0.2, -0.15) is 0 Å². The molecule has 0 bridgehead atoms. The Morgan fingerprint density at radius 2 is 1.65 bits per heavy atom. The summed E-state index contributed by atoms with van der Waals surface area (Å²) in [6.07, 6.45) is 0. The molecule has 0 saturated heterocycles. The van der Waals surface area contributed by atoms with Crippen molar-refractivity contribution in [2.75, 3.05) is 26.6 Å². The Bertz CT molecular complexity index is 1600. The normalized spacial score (nSPS) is 10.9. The number of carbonyl (C=O) groups excluding carboxylic acids is 1. The van der Waals surface area contributed by atoms with Crippen LogP contribution in [0.4, 0.5) is 10.1 Å². The van der Waals surface area contributed by atoms with Gasteiger partial charge in [-0.3, -0.25) is 4.79 Å². The molecule has 0 atom stereocenters. The number of carbonyl (C=O) groups is 1. The van der Waals surface area contributed by atoms with Crippen molar-refractivity contribution in [1.82, 2.24) is 4.98 Å². The third-order valence-corrected chi connectivity index (χ3v) is 5.88. The van der Waals surface area contributed by atoms with Gasteiger partial charge in [0.25, 0.3) is 5.91 Å². The smallest absolute Gasteiger partial charge is 0.291 e. The molecule has 0 radical (unpaired) electrons. The number of ether oxygens (including phenoxy) is 3. The summed E-state index contributed by atoms with van der Waals surface area (Å²) in [6.45, 7) is 0. The fraction of sp³-hybridized carbons (Fsp3) is 0.111. The second-order valence-corrected chi connectivity index (χ2v) is 8.27. The SMILES string of the molecule is COc1cc(-c2nc3cc(NC(=O)c4ccc(-c5ccc(F)c(Cl)c5)o4)ccc3o2)cc(OC)c1OC. The minimum absolute atomic E-state index is 0.0355. The van der Waals surface area contributed by atoms with Crippen molar-refractivity contribution < 1.29 is 32.2 Å². The standard InChI is InChI=1S/C27H20ClFN2O6/c1-33-23-11-15(12-24(34-2)25(23)35-3)27-31-19-13-16(5-7-21(19)37-27)30-26(32)22-9-8-20(36-22)14-4-6-18(29)17(28)10-14/h4-13H,1-3H3,(H,30,32). The molecule has 0 aliphatic carbocycles. The topological polar surface area (TPSA) is 96.0 Å². The maximum atomic E-state index is 13.4. The predicted octanol–water partition coefficient (Wildman–Crippen LogP) is 6.83. The van der Waals surface area contributed by atoms with E-state index in [1.54, 1.807) is 36.4 Å². The highest BCUT2D eigenvalue weighted by Crippen LogP contribution is 2.41. The Labute approximate surface area is 215 Å². The van der Waals surface area contributed by atoms with Gasteiger partial charge in [0.2, 0.25) is 11.6 Å². The van der Waals surface area contributed by atoms with Crippen LogP contribution >= 0.6 is 11.6 Å². The van der Waals surface area contributed by atoms with E-state index in [9.17, 15) is 9.18 Å². The third-order valence-electron chi connectivity index (χ3n) is 5.59. The van der Waals surface area contributed by atoms with Crippen LogP contribution in [0.2, 0.25) is 5.02 Å². The predicted molar refractivity (Wildman–Crippen MR) is 136 cm³/mol. The van der Waals surface area contributed by atoms with Crippen LogP contribution in [0.5, 0.6) is 17.2 Å². The maximum absolute atomic E-state index is 13.4. The lowest BCUT2D eigenvalue weighted by molar-refractivity contribution is 0.0997. The zero-order valence-corrected chi connectivity index (χ0v) is 20.7. The number of aromatic nitrogens is 1. The van der Waals surface area contributed by atoms with Crippen molar-refractivity contribution in [2.45, 2.75) is 0 Å². The molecule has 0 saturated carbocycles. The number of oxazole rings is 1. The maximum Gasteiger partial charge on any atom is 0.291 e. The number of hydrogen-bond acceptors (Lipinski definition) is 7. The zero-order valence-electron chi connectivity index (χ0n) is 19.9. The fourth-order valence-corrected chi connectivity index (χ4v) is 3.97. The van der Waals surface area contributed by atoms with E-state index in [4.69, 9.17) is 34.6 Å². The highest BCUT2D eigenvalue weighted by atomic mass is 35.5. The van der Waals surface area contributed by atoms with E-state index < -0.39 is 11.7 Å². The van der Waals surface area contributed by atoms with E-state index in [2.05, 4.69) is 10.3 Å². The minimum atomic E-state index is -0.536. The lowest BCUT2D eigenvalue weighted by atomic mass is 10.2. The third kappa shape index (κ3) is 4.68. The van der Waals surface area contributed by atoms with Crippen molar-refractivity contribution in [3.05, 3.63) is 77.3 Å². The van der Waals surface area contributed by atoms with Gasteiger partial charge in [-0.25, -0.2) is 9.37 Å². The number of furan rings is 1. The van der Waals surface area contributed by atoms with Gasteiger partial charge in [-0.05, 0) is 60.7 Å². The number of nitrogens with zero attached hydrogens (tertiary/aromatic N) is 1. The average Bonchev–Trinajstić information content (AvgIpc) is 3.57. The number of rotatable bonds is 7. The van der Waals surface area contributed by atoms with Crippen molar-refractivity contribution >= 4 is 34.3 Å². The summed E-state index contributed by atoms with van der Waals surface area (Å²) in [4.78, 5) is 17.3. The molecule has 0 unspecified atom stereocenters. The monoisotopic (exact) mass is 522 g/mol. The van der Waals surface area contributed by atoms with Crippen LogP contribution in [0.3, 0.4) is 0 Å². The van der Waals surface area contributed by atoms with Crippen LogP contribution in [0.15, 0.2) is 69.5 Å². The number of anilines is 1. The zero-order chi connectivity index (χ0) is 26.1. The minimum Gasteiger partial charge on any atom is -0.493 e. The molecule has 37 heavy (non-hydrogen) atoms. The highest BCUT2D eigenvalue weighted by molar-refractivity contribution is 6.31. The van der Waals surface area contributed by atoms with E-state index in [0.29, 0.717) is 56.8 Å². The van der Waals surface area contributed by atoms with Crippen molar-refractivity contribution in [3.8, 4) is 40.0 Å². The second-order valence-electron chi connectivity index (χ2n) is 7.86. The lowest BCUT2D eigenvalue weighted by Crippen LogP contribution is -2.10. The molecular weight excluding hydrogens is 503 g/mol. The van der Waals surface area contributed by atoms with Crippen molar-refractivity contribution in [3.63, 3.8) is 0 Å².